The first-order valence-electron chi connectivity index (χ1n) is 11.4. The average molecular weight is 452 g/mol. The van der Waals surface area contributed by atoms with Gasteiger partial charge in [0.2, 0.25) is 5.91 Å². The molecule has 172 valence electrons. The lowest BCUT2D eigenvalue weighted by Crippen LogP contribution is -2.55. The van der Waals surface area contributed by atoms with Gasteiger partial charge < -0.3 is 14.2 Å². The molecule has 1 saturated carbocycles. The summed E-state index contributed by atoms with van der Waals surface area (Å²) in [5, 5.41) is 0. The first kappa shape index (κ1) is 22.3. The first-order valence-corrected chi connectivity index (χ1v) is 13.2. The van der Waals surface area contributed by atoms with Crippen molar-refractivity contribution in [3.8, 4) is 0 Å². The van der Waals surface area contributed by atoms with E-state index in [-0.39, 0.29) is 41.9 Å². The molecule has 0 spiro atoms. The predicted octanol–water partition coefficient (Wildman–Crippen LogP) is 1.69. The molecule has 1 aromatic rings. The quantitative estimate of drug-likeness (QED) is 0.677. The second-order valence-electron chi connectivity index (χ2n) is 9.13. The van der Waals surface area contributed by atoms with E-state index >= 15 is 0 Å². The fraction of sp³-hybridized carbons (Fsp3) is 0.727. The van der Waals surface area contributed by atoms with Crippen molar-refractivity contribution in [3.63, 3.8) is 0 Å². The molecule has 4 rings (SSSR count). The summed E-state index contributed by atoms with van der Waals surface area (Å²) >= 11 is 0. The van der Waals surface area contributed by atoms with Gasteiger partial charge in [-0.3, -0.25) is 14.5 Å². The molecule has 0 bridgehead atoms. The Morgan fingerprint density at radius 2 is 1.74 bits per heavy atom. The number of sulfone groups is 1. The number of amides is 2. The average Bonchev–Trinajstić information content (AvgIpc) is 3.34. The Morgan fingerprint density at radius 3 is 2.32 bits per heavy atom. The summed E-state index contributed by atoms with van der Waals surface area (Å²) in [6, 6.07) is 3.45. The maximum atomic E-state index is 13.3. The van der Waals surface area contributed by atoms with Gasteiger partial charge in [0, 0.05) is 38.3 Å². The summed E-state index contributed by atoms with van der Waals surface area (Å²) in [7, 11) is -3.05. The highest BCUT2D eigenvalue weighted by molar-refractivity contribution is 7.91. The number of nitrogens with zero attached hydrogens (tertiary/aromatic N) is 3. The fourth-order valence-electron chi connectivity index (χ4n) is 5.15. The molecule has 31 heavy (non-hydrogen) atoms. The van der Waals surface area contributed by atoms with Gasteiger partial charge in [0.15, 0.2) is 15.6 Å². The molecule has 3 aliphatic rings. The molecule has 2 amide bonds. The highest BCUT2D eigenvalue weighted by Gasteiger charge is 2.39. The number of furan rings is 1. The lowest BCUT2D eigenvalue weighted by molar-refractivity contribution is -0.138. The summed E-state index contributed by atoms with van der Waals surface area (Å²) in [5.41, 5.74) is 0. The summed E-state index contributed by atoms with van der Waals surface area (Å²) in [5.74, 6) is 1.27. The fourth-order valence-corrected chi connectivity index (χ4v) is 6.86. The van der Waals surface area contributed by atoms with Crippen molar-refractivity contribution in [3.05, 3.63) is 23.7 Å². The Morgan fingerprint density at radius 1 is 1.03 bits per heavy atom. The van der Waals surface area contributed by atoms with E-state index < -0.39 is 9.84 Å². The van der Waals surface area contributed by atoms with Crippen LogP contribution in [0.5, 0.6) is 0 Å². The summed E-state index contributed by atoms with van der Waals surface area (Å²) in [4.78, 5) is 31.7. The second kappa shape index (κ2) is 9.32. The molecule has 0 aromatic carbocycles. The highest BCUT2D eigenvalue weighted by atomic mass is 32.2. The molecule has 3 fully saturated rings. The van der Waals surface area contributed by atoms with Crippen LogP contribution in [0.15, 0.2) is 16.5 Å². The molecule has 9 heteroatoms. The van der Waals surface area contributed by atoms with Gasteiger partial charge in [-0.1, -0.05) is 19.3 Å². The van der Waals surface area contributed by atoms with E-state index in [1.165, 1.54) is 6.42 Å². The molecule has 0 N–H and O–H groups in total. The molecule has 1 aromatic heterocycles. The lowest BCUT2D eigenvalue weighted by Gasteiger charge is -2.40. The van der Waals surface area contributed by atoms with E-state index in [0.29, 0.717) is 44.1 Å². The van der Waals surface area contributed by atoms with Crippen LogP contribution in [-0.4, -0.2) is 91.2 Å². The zero-order valence-corrected chi connectivity index (χ0v) is 19.1. The normalized spacial score (nSPS) is 24.9. The van der Waals surface area contributed by atoms with Crippen LogP contribution in [0.4, 0.5) is 0 Å². The van der Waals surface area contributed by atoms with Crippen molar-refractivity contribution in [1.29, 1.82) is 0 Å². The van der Waals surface area contributed by atoms with Crippen molar-refractivity contribution in [2.24, 2.45) is 0 Å². The van der Waals surface area contributed by atoms with Crippen molar-refractivity contribution in [2.45, 2.75) is 57.5 Å². The van der Waals surface area contributed by atoms with Gasteiger partial charge in [0.05, 0.1) is 18.1 Å². The second-order valence-corrected chi connectivity index (χ2v) is 11.4. The van der Waals surface area contributed by atoms with Crippen LogP contribution in [0.1, 0.15) is 54.8 Å². The zero-order chi connectivity index (χ0) is 22.0. The molecule has 1 aliphatic carbocycles. The number of hydrogen-bond acceptors (Lipinski definition) is 6. The minimum absolute atomic E-state index is 0.0374. The predicted molar refractivity (Wildman–Crippen MR) is 117 cm³/mol. The molecule has 2 saturated heterocycles. The van der Waals surface area contributed by atoms with E-state index in [4.69, 9.17) is 4.42 Å². The minimum atomic E-state index is -3.05. The summed E-state index contributed by atoms with van der Waals surface area (Å²) in [6.07, 6.45) is 5.87. The molecule has 2 aliphatic heterocycles. The molecule has 3 heterocycles. The van der Waals surface area contributed by atoms with Crippen LogP contribution < -0.4 is 0 Å². The van der Waals surface area contributed by atoms with Gasteiger partial charge in [-0.2, -0.15) is 0 Å². The van der Waals surface area contributed by atoms with Gasteiger partial charge in [-0.15, -0.1) is 0 Å². The summed E-state index contributed by atoms with van der Waals surface area (Å²) in [6.45, 7) is 4.44. The molecule has 0 radical (unpaired) electrons. The maximum absolute atomic E-state index is 13.3. The highest BCUT2D eigenvalue weighted by Crippen LogP contribution is 2.28. The van der Waals surface area contributed by atoms with Crippen molar-refractivity contribution in [2.75, 3.05) is 44.2 Å². The van der Waals surface area contributed by atoms with Gasteiger partial charge in [0.1, 0.15) is 5.76 Å². The molecular formula is C22H33N3O5S. The molecule has 1 atom stereocenters. The number of hydrogen-bond donors (Lipinski definition) is 0. The van der Waals surface area contributed by atoms with Crippen LogP contribution >= 0.6 is 0 Å². The monoisotopic (exact) mass is 451 g/mol. The van der Waals surface area contributed by atoms with Crippen molar-refractivity contribution in [1.82, 2.24) is 14.7 Å². The van der Waals surface area contributed by atoms with E-state index in [0.717, 1.165) is 25.7 Å². The van der Waals surface area contributed by atoms with E-state index in [2.05, 4.69) is 4.90 Å². The number of aryl methyl sites for hydroxylation is 1. The Bertz CT molecular complexity index is 898. The van der Waals surface area contributed by atoms with Gasteiger partial charge in [-0.05, 0) is 38.3 Å². The number of carbonyl (C=O) groups excluding carboxylic acids is 2. The molecule has 1 unspecified atom stereocenters. The first-order chi connectivity index (χ1) is 14.8. The van der Waals surface area contributed by atoms with E-state index in [1.54, 1.807) is 17.0 Å². The third kappa shape index (κ3) is 5.31. The van der Waals surface area contributed by atoms with Gasteiger partial charge in [-0.25, -0.2) is 8.42 Å². The van der Waals surface area contributed by atoms with Gasteiger partial charge >= 0.3 is 0 Å². The third-order valence-electron chi connectivity index (χ3n) is 6.83. The summed E-state index contributed by atoms with van der Waals surface area (Å²) < 4.78 is 29.6. The number of piperazine rings is 1. The van der Waals surface area contributed by atoms with Crippen molar-refractivity contribution < 1.29 is 22.4 Å². The molecular weight excluding hydrogens is 418 g/mol. The number of rotatable bonds is 5. The Kier molecular flexibility index (Phi) is 6.71. The Labute approximate surface area is 184 Å². The smallest absolute Gasteiger partial charge is 0.289 e. The van der Waals surface area contributed by atoms with E-state index in [1.807, 2.05) is 11.8 Å². The standard InChI is InChI=1S/C22H33N3O5S/c1-17-7-8-20(30-17)22(27)24-12-10-23(11-13-24)15-21(26)25(18-5-3-2-4-6-18)19-9-14-31(28,29)16-19/h7-8,18-19H,2-6,9-16H2,1H3. The third-order valence-corrected chi connectivity index (χ3v) is 8.58. The van der Waals surface area contributed by atoms with Crippen LogP contribution in [0, 0.1) is 6.92 Å². The van der Waals surface area contributed by atoms with Crippen molar-refractivity contribution >= 4 is 21.7 Å². The van der Waals surface area contributed by atoms with Crippen LogP contribution in [-0.2, 0) is 14.6 Å². The molecule has 8 nitrogen and oxygen atoms in total. The van der Waals surface area contributed by atoms with Crippen LogP contribution in [0.25, 0.3) is 0 Å². The van der Waals surface area contributed by atoms with E-state index in [9.17, 15) is 18.0 Å². The number of carbonyl (C=O) groups is 2. The largest absolute Gasteiger partial charge is 0.456 e. The van der Waals surface area contributed by atoms with Crippen LogP contribution in [0.2, 0.25) is 0 Å². The zero-order valence-electron chi connectivity index (χ0n) is 18.3. The SMILES string of the molecule is Cc1ccc(C(=O)N2CCN(CC(=O)N(C3CCCCC3)C3CCS(=O)(=O)C3)CC2)o1. The van der Waals surface area contributed by atoms with Crippen LogP contribution in [0.3, 0.4) is 0 Å². The lowest BCUT2D eigenvalue weighted by atomic mass is 9.92. The Hall–Kier alpha value is -1.87. The van der Waals surface area contributed by atoms with Gasteiger partial charge in [0.25, 0.3) is 5.91 Å². The topological polar surface area (TPSA) is 91.1 Å². The Balaban J connectivity index is 1.36. The maximum Gasteiger partial charge on any atom is 0.289 e. The minimum Gasteiger partial charge on any atom is -0.456 e.